The average Bonchev–Trinajstić information content (AvgIpc) is 2.73. The van der Waals surface area contributed by atoms with Crippen LogP contribution in [-0.4, -0.2) is 29.1 Å². The first-order chi connectivity index (χ1) is 10.3. The molecule has 0 radical (unpaired) electrons. The third kappa shape index (κ3) is 2.34. The van der Waals surface area contributed by atoms with Crippen molar-refractivity contribution in [1.82, 2.24) is 0 Å². The molecular formula is C17H23NO4. The van der Waals surface area contributed by atoms with Gasteiger partial charge in [-0.15, -0.1) is 0 Å². The van der Waals surface area contributed by atoms with E-state index in [0.29, 0.717) is 18.6 Å². The van der Waals surface area contributed by atoms with E-state index in [1.165, 1.54) is 0 Å². The Hall–Kier alpha value is -2.04. The van der Waals surface area contributed by atoms with Gasteiger partial charge in [0.25, 0.3) is 0 Å². The van der Waals surface area contributed by atoms with Crippen molar-refractivity contribution in [3.05, 3.63) is 29.8 Å². The highest BCUT2D eigenvalue weighted by Crippen LogP contribution is 2.57. The molecule has 2 rings (SSSR count). The summed E-state index contributed by atoms with van der Waals surface area (Å²) in [7, 11) is 1.59. The van der Waals surface area contributed by atoms with E-state index < -0.39 is 16.8 Å². The van der Waals surface area contributed by atoms with E-state index in [4.69, 9.17) is 4.74 Å². The van der Waals surface area contributed by atoms with Crippen LogP contribution >= 0.6 is 0 Å². The number of oxime groups is 1. The topological polar surface area (TPSA) is 79.1 Å². The maximum atomic E-state index is 11.7. The van der Waals surface area contributed by atoms with Crippen molar-refractivity contribution in [2.75, 3.05) is 7.11 Å². The smallest absolute Gasteiger partial charge is 0.309 e. The number of carboxylic acid groups (broad SMARTS) is 1. The van der Waals surface area contributed by atoms with Gasteiger partial charge in [0.1, 0.15) is 5.75 Å². The molecule has 0 amide bonds. The standard InChI is InChI=1S/C17H23NO4/c1-16(2)13(9-10-17(16,3)15(19)20)14(18-21)11-5-7-12(22-4)8-6-11/h5-8,13,21H,9-10H2,1-4H3,(H,19,20)/b18-14-/t13-,17+/m0/s1. The molecule has 0 heterocycles. The Morgan fingerprint density at radius 2 is 1.86 bits per heavy atom. The zero-order valence-corrected chi connectivity index (χ0v) is 13.5. The molecule has 5 heteroatoms. The highest BCUT2D eigenvalue weighted by molar-refractivity contribution is 6.03. The molecule has 1 aliphatic carbocycles. The van der Waals surface area contributed by atoms with Gasteiger partial charge in [-0.05, 0) is 55.0 Å². The summed E-state index contributed by atoms with van der Waals surface area (Å²) in [4.78, 5) is 11.7. The van der Waals surface area contributed by atoms with Gasteiger partial charge >= 0.3 is 5.97 Å². The molecule has 0 spiro atoms. The molecule has 1 aromatic carbocycles. The number of nitrogens with zero attached hydrogens (tertiary/aromatic N) is 1. The lowest BCUT2D eigenvalue weighted by Crippen LogP contribution is -2.42. The fourth-order valence-corrected chi connectivity index (χ4v) is 3.45. The first kappa shape index (κ1) is 16.3. The van der Waals surface area contributed by atoms with Crippen LogP contribution in [0.15, 0.2) is 29.4 Å². The van der Waals surface area contributed by atoms with E-state index in [1.807, 2.05) is 26.0 Å². The summed E-state index contributed by atoms with van der Waals surface area (Å²) in [6, 6.07) is 7.28. The Labute approximate surface area is 130 Å². The lowest BCUT2D eigenvalue weighted by atomic mass is 9.64. The molecule has 0 bridgehead atoms. The molecule has 120 valence electrons. The summed E-state index contributed by atoms with van der Waals surface area (Å²) >= 11 is 0. The van der Waals surface area contributed by atoms with Crippen molar-refractivity contribution < 1.29 is 19.8 Å². The Morgan fingerprint density at radius 1 is 1.27 bits per heavy atom. The molecule has 5 nitrogen and oxygen atoms in total. The molecule has 22 heavy (non-hydrogen) atoms. The first-order valence-electron chi connectivity index (χ1n) is 7.37. The van der Waals surface area contributed by atoms with Gasteiger partial charge in [-0.25, -0.2) is 0 Å². The quantitative estimate of drug-likeness (QED) is 0.507. The fourth-order valence-electron chi connectivity index (χ4n) is 3.45. The third-order valence-electron chi connectivity index (χ3n) is 5.52. The summed E-state index contributed by atoms with van der Waals surface area (Å²) in [5.41, 5.74) is -0.0194. The number of methoxy groups -OCH3 is 1. The van der Waals surface area contributed by atoms with Crippen LogP contribution < -0.4 is 4.74 Å². The van der Waals surface area contributed by atoms with E-state index in [2.05, 4.69) is 5.16 Å². The van der Waals surface area contributed by atoms with Gasteiger partial charge in [0.05, 0.1) is 18.2 Å². The highest BCUT2D eigenvalue weighted by atomic mass is 16.5. The van der Waals surface area contributed by atoms with Crippen LogP contribution in [0.3, 0.4) is 0 Å². The molecular weight excluding hydrogens is 282 g/mol. The summed E-state index contributed by atoms with van der Waals surface area (Å²) in [6.07, 6.45) is 1.25. The summed E-state index contributed by atoms with van der Waals surface area (Å²) < 4.78 is 5.13. The Balaban J connectivity index is 2.38. The highest BCUT2D eigenvalue weighted by Gasteiger charge is 2.57. The van der Waals surface area contributed by atoms with Crippen molar-refractivity contribution in [3.63, 3.8) is 0 Å². The second-order valence-corrected chi connectivity index (χ2v) is 6.66. The lowest BCUT2D eigenvalue weighted by Gasteiger charge is -2.38. The number of carbonyl (C=O) groups is 1. The van der Waals surface area contributed by atoms with Crippen LogP contribution in [0.1, 0.15) is 39.2 Å². The number of ether oxygens (including phenoxy) is 1. The largest absolute Gasteiger partial charge is 0.497 e. The molecule has 0 saturated heterocycles. The van der Waals surface area contributed by atoms with Crippen LogP contribution in [0.4, 0.5) is 0 Å². The minimum atomic E-state index is -0.833. The van der Waals surface area contributed by atoms with Gasteiger partial charge in [-0.2, -0.15) is 0 Å². The maximum Gasteiger partial charge on any atom is 0.309 e. The summed E-state index contributed by atoms with van der Waals surface area (Å²) in [6.45, 7) is 5.65. The third-order valence-corrected chi connectivity index (χ3v) is 5.52. The van der Waals surface area contributed by atoms with Gasteiger partial charge in [0.15, 0.2) is 0 Å². The van der Waals surface area contributed by atoms with E-state index in [9.17, 15) is 15.1 Å². The number of hydrogen-bond acceptors (Lipinski definition) is 4. The van der Waals surface area contributed by atoms with E-state index >= 15 is 0 Å². The van der Waals surface area contributed by atoms with Crippen molar-refractivity contribution >= 4 is 11.7 Å². The summed E-state index contributed by atoms with van der Waals surface area (Å²) in [5.74, 6) is -0.193. The van der Waals surface area contributed by atoms with Gasteiger partial charge in [-0.3, -0.25) is 4.79 Å². The Bertz CT molecular complexity index is 591. The molecule has 1 fully saturated rings. The number of carboxylic acids is 1. The number of hydrogen-bond donors (Lipinski definition) is 2. The molecule has 2 atom stereocenters. The monoisotopic (exact) mass is 305 g/mol. The maximum absolute atomic E-state index is 11.7. The van der Waals surface area contributed by atoms with Crippen LogP contribution in [0.5, 0.6) is 5.75 Å². The molecule has 0 aromatic heterocycles. The number of benzene rings is 1. The SMILES string of the molecule is COc1ccc(/C(=N/O)[C@@H]2CC[C@](C)(C(=O)O)C2(C)C)cc1. The predicted octanol–water partition coefficient (Wildman–Crippen LogP) is 3.40. The van der Waals surface area contributed by atoms with Gasteiger partial charge in [-0.1, -0.05) is 19.0 Å². The first-order valence-corrected chi connectivity index (χ1v) is 7.37. The number of aliphatic carboxylic acids is 1. The second kappa shape index (κ2) is 5.63. The van der Waals surface area contributed by atoms with E-state index in [-0.39, 0.29) is 5.92 Å². The minimum Gasteiger partial charge on any atom is -0.497 e. The zero-order chi connectivity index (χ0) is 16.5. The van der Waals surface area contributed by atoms with Crippen LogP contribution in [0.25, 0.3) is 0 Å². The normalized spacial score (nSPS) is 27.6. The van der Waals surface area contributed by atoms with Crippen LogP contribution in [0, 0.1) is 16.7 Å². The predicted molar refractivity (Wildman–Crippen MR) is 83.6 cm³/mol. The Kier molecular flexibility index (Phi) is 4.18. The molecule has 2 N–H and O–H groups in total. The molecule has 1 aliphatic rings. The van der Waals surface area contributed by atoms with Crippen molar-refractivity contribution in [1.29, 1.82) is 0 Å². The number of rotatable bonds is 4. The van der Waals surface area contributed by atoms with Crippen LogP contribution in [0.2, 0.25) is 0 Å². The molecule has 1 saturated carbocycles. The van der Waals surface area contributed by atoms with E-state index in [0.717, 1.165) is 11.3 Å². The van der Waals surface area contributed by atoms with Gasteiger partial charge < -0.3 is 15.1 Å². The van der Waals surface area contributed by atoms with Crippen molar-refractivity contribution in [3.8, 4) is 5.75 Å². The summed E-state index contributed by atoms with van der Waals surface area (Å²) in [5, 5.41) is 22.6. The van der Waals surface area contributed by atoms with Crippen LogP contribution in [-0.2, 0) is 4.79 Å². The Morgan fingerprint density at radius 3 is 2.27 bits per heavy atom. The van der Waals surface area contributed by atoms with Crippen molar-refractivity contribution in [2.24, 2.45) is 21.9 Å². The van der Waals surface area contributed by atoms with Gasteiger partial charge in [0, 0.05) is 5.92 Å². The zero-order valence-electron chi connectivity index (χ0n) is 13.5. The average molecular weight is 305 g/mol. The fraction of sp³-hybridized carbons (Fsp3) is 0.529. The van der Waals surface area contributed by atoms with Gasteiger partial charge in [0.2, 0.25) is 0 Å². The van der Waals surface area contributed by atoms with Crippen molar-refractivity contribution in [2.45, 2.75) is 33.6 Å². The molecule has 0 unspecified atom stereocenters. The second-order valence-electron chi connectivity index (χ2n) is 6.66. The molecule has 0 aliphatic heterocycles. The van der Waals surface area contributed by atoms with E-state index in [1.54, 1.807) is 26.2 Å². The molecule has 1 aromatic rings. The lowest BCUT2D eigenvalue weighted by molar-refractivity contribution is -0.153. The minimum absolute atomic E-state index is 0.119.